The van der Waals surface area contributed by atoms with Gasteiger partial charge in [-0.1, -0.05) is 47.8 Å². The van der Waals surface area contributed by atoms with Crippen LogP contribution >= 0.6 is 34.8 Å². The Kier molecular flexibility index (Phi) is 10.5. The molecule has 1 unspecified atom stereocenters. The highest BCUT2D eigenvalue weighted by atomic mass is 35.5. The number of carbonyl (C=O) groups excluding carboxylic acids is 2. The van der Waals surface area contributed by atoms with Gasteiger partial charge in [-0.25, -0.2) is 8.42 Å². The average Bonchev–Trinajstić information content (AvgIpc) is 2.78. The molecule has 0 aliphatic heterocycles. The maximum atomic E-state index is 13.6. The lowest BCUT2D eigenvalue weighted by atomic mass is 10.1. The number of carbonyl (C=O) groups is 2. The number of likely N-dealkylation sites (N-methyl/N-ethyl adjacent to an activating group) is 1. The molecule has 0 aromatic heterocycles. The molecule has 8 nitrogen and oxygen atoms in total. The van der Waals surface area contributed by atoms with Gasteiger partial charge in [-0.05, 0) is 43.7 Å². The Balaban J connectivity index is 2.51. The quantitative estimate of drug-likeness (QED) is 0.437. The van der Waals surface area contributed by atoms with E-state index in [1.54, 1.807) is 32.0 Å². The van der Waals surface area contributed by atoms with E-state index >= 15 is 0 Å². The smallest absolute Gasteiger partial charge is 0.244 e. The minimum atomic E-state index is -3.90. The van der Waals surface area contributed by atoms with Crippen LogP contribution in [0.3, 0.4) is 0 Å². The molecule has 0 heterocycles. The normalized spacial score (nSPS) is 12.1. The monoisotopic (exact) mass is 563 g/mol. The Morgan fingerprint density at radius 2 is 1.69 bits per heavy atom. The van der Waals surface area contributed by atoms with E-state index in [1.807, 2.05) is 0 Å². The first-order valence-electron chi connectivity index (χ1n) is 10.8. The lowest BCUT2D eigenvalue weighted by Crippen LogP contribution is -2.52. The molecule has 2 aromatic rings. The van der Waals surface area contributed by atoms with Gasteiger partial charge in [0.2, 0.25) is 21.8 Å². The molecule has 0 aliphatic carbocycles. The Bertz CT molecular complexity index is 1160. The number of benzene rings is 2. The third-order valence-corrected chi connectivity index (χ3v) is 7.37. The zero-order valence-electron chi connectivity index (χ0n) is 19.8. The van der Waals surface area contributed by atoms with Crippen LogP contribution in [-0.2, 0) is 26.2 Å². The lowest BCUT2D eigenvalue weighted by molar-refractivity contribution is -0.140. The Labute approximate surface area is 221 Å². The predicted molar refractivity (Wildman–Crippen MR) is 140 cm³/mol. The molecule has 0 saturated carbocycles. The molecule has 0 saturated heterocycles. The number of hydrogen-bond donors (Lipinski definition) is 1. The highest BCUT2D eigenvalue weighted by Gasteiger charge is 2.32. The van der Waals surface area contributed by atoms with Gasteiger partial charge < -0.3 is 15.0 Å². The van der Waals surface area contributed by atoms with Crippen LogP contribution in [0.4, 0.5) is 5.69 Å². The van der Waals surface area contributed by atoms with E-state index in [1.165, 1.54) is 30.2 Å². The van der Waals surface area contributed by atoms with E-state index in [-0.39, 0.29) is 29.6 Å². The van der Waals surface area contributed by atoms with E-state index in [0.29, 0.717) is 27.9 Å². The van der Waals surface area contributed by atoms with E-state index in [2.05, 4.69) is 5.32 Å². The van der Waals surface area contributed by atoms with Gasteiger partial charge in [0.1, 0.15) is 18.3 Å². The van der Waals surface area contributed by atoms with E-state index in [0.717, 1.165) is 10.6 Å². The second-order valence-corrected chi connectivity index (χ2v) is 10.8. The van der Waals surface area contributed by atoms with Crippen molar-refractivity contribution in [3.8, 4) is 5.75 Å². The molecule has 1 atom stereocenters. The first-order chi connectivity index (χ1) is 16.4. The molecule has 2 amide bonds. The number of hydrogen-bond acceptors (Lipinski definition) is 5. The van der Waals surface area contributed by atoms with Gasteiger partial charge in [-0.2, -0.15) is 0 Å². The number of nitrogens with zero attached hydrogens (tertiary/aromatic N) is 2. The number of sulfonamides is 1. The highest BCUT2D eigenvalue weighted by Crippen LogP contribution is 2.31. The zero-order chi connectivity index (χ0) is 26.3. The maximum Gasteiger partial charge on any atom is 0.244 e. The van der Waals surface area contributed by atoms with Crippen LogP contribution in [0.15, 0.2) is 36.4 Å². The summed E-state index contributed by atoms with van der Waals surface area (Å²) in [6, 6.07) is 8.42. The van der Waals surface area contributed by atoms with Crippen molar-refractivity contribution in [3.05, 3.63) is 57.0 Å². The van der Waals surface area contributed by atoms with E-state index in [9.17, 15) is 18.0 Å². The molecule has 0 radical (unpaired) electrons. The van der Waals surface area contributed by atoms with Crippen LogP contribution in [0.5, 0.6) is 5.75 Å². The first-order valence-corrected chi connectivity index (χ1v) is 13.7. The van der Waals surface area contributed by atoms with Crippen molar-refractivity contribution in [2.75, 3.05) is 30.8 Å². The highest BCUT2D eigenvalue weighted by molar-refractivity contribution is 7.92. The van der Waals surface area contributed by atoms with Gasteiger partial charge in [0.05, 0.1) is 24.1 Å². The van der Waals surface area contributed by atoms with Crippen LogP contribution in [0.1, 0.15) is 25.8 Å². The summed E-state index contributed by atoms with van der Waals surface area (Å²) in [5.74, 6) is -0.631. The number of methoxy groups -OCH3 is 1. The third-order valence-electron chi connectivity index (χ3n) is 5.23. The molecule has 1 N–H and O–H groups in total. The number of halogens is 3. The fourth-order valence-electron chi connectivity index (χ4n) is 3.49. The standard InChI is InChI=1S/C23H28Cl3N3O5S/c1-5-20(23(31)27-6-2)28(13-16-17(24)8-7-9-18(16)25)22(30)14-29(35(4,32)33)15-10-11-21(34-3)19(26)12-15/h7-12,20H,5-6,13-14H2,1-4H3,(H,27,31). The van der Waals surface area contributed by atoms with Crippen LogP contribution in [0.2, 0.25) is 15.1 Å². The number of amides is 2. The minimum absolute atomic E-state index is 0.0893. The summed E-state index contributed by atoms with van der Waals surface area (Å²) in [5.41, 5.74) is 0.624. The molecule has 0 spiro atoms. The maximum absolute atomic E-state index is 13.6. The molecule has 35 heavy (non-hydrogen) atoms. The summed E-state index contributed by atoms with van der Waals surface area (Å²) in [6.07, 6.45) is 1.27. The molecule has 192 valence electrons. The van der Waals surface area contributed by atoms with Crippen molar-refractivity contribution >= 4 is 62.3 Å². The van der Waals surface area contributed by atoms with E-state index < -0.39 is 28.5 Å². The number of anilines is 1. The van der Waals surface area contributed by atoms with Crippen molar-refractivity contribution in [2.45, 2.75) is 32.9 Å². The Hall–Kier alpha value is -2.20. The fourth-order valence-corrected chi connectivity index (χ4v) is 5.10. The van der Waals surface area contributed by atoms with Gasteiger partial charge >= 0.3 is 0 Å². The van der Waals surface area contributed by atoms with Gasteiger partial charge in [-0.3, -0.25) is 13.9 Å². The fraction of sp³-hybridized carbons (Fsp3) is 0.391. The van der Waals surface area contributed by atoms with Crippen LogP contribution in [0, 0.1) is 0 Å². The van der Waals surface area contributed by atoms with Crippen LogP contribution < -0.4 is 14.4 Å². The summed E-state index contributed by atoms with van der Waals surface area (Å²) in [7, 11) is -2.47. The summed E-state index contributed by atoms with van der Waals surface area (Å²) in [4.78, 5) is 27.7. The average molecular weight is 565 g/mol. The van der Waals surface area contributed by atoms with Gasteiger partial charge in [0, 0.05) is 28.7 Å². The first kappa shape index (κ1) is 29.0. The molecular weight excluding hydrogens is 537 g/mol. The summed E-state index contributed by atoms with van der Waals surface area (Å²) < 4.78 is 31.4. The second kappa shape index (κ2) is 12.7. The summed E-state index contributed by atoms with van der Waals surface area (Å²) in [5, 5.41) is 3.54. The number of ether oxygens (including phenoxy) is 1. The van der Waals surface area contributed by atoms with Crippen molar-refractivity contribution < 1.29 is 22.7 Å². The van der Waals surface area contributed by atoms with Crippen LogP contribution in [-0.4, -0.2) is 57.6 Å². The SMILES string of the molecule is CCNC(=O)C(CC)N(Cc1c(Cl)cccc1Cl)C(=O)CN(c1ccc(OC)c(Cl)c1)S(C)(=O)=O. The number of nitrogens with one attached hydrogen (secondary N) is 1. The molecule has 2 aromatic carbocycles. The minimum Gasteiger partial charge on any atom is -0.495 e. The van der Waals surface area contributed by atoms with Crippen molar-refractivity contribution in [1.82, 2.24) is 10.2 Å². The van der Waals surface area contributed by atoms with Gasteiger partial charge in [0.15, 0.2) is 0 Å². The molecule has 0 fully saturated rings. The Morgan fingerprint density at radius 1 is 1.06 bits per heavy atom. The van der Waals surface area contributed by atoms with Crippen LogP contribution in [0.25, 0.3) is 0 Å². The van der Waals surface area contributed by atoms with Gasteiger partial charge in [0.25, 0.3) is 0 Å². The molecule has 2 rings (SSSR count). The second-order valence-electron chi connectivity index (χ2n) is 7.63. The third kappa shape index (κ3) is 7.39. The predicted octanol–water partition coefficient (Wildman–Crippen LogP) is 4.36. The lowest BCUT2D eigenvalue weighted by Gasteiger charge is -2.33. The molecule has 0 aliphatic rings. The van der Waals surface area contributed by atoms with E-state index in [4.69, 9.17) is 39.5 Å². The molecular formula is C23H28Cl3N3O5S. The summed E-state index contributed by atoms with van der Waals surface area (Å²) >= 11 is 18.9. The topological polar surface area (TPSA) is 96.0 Å². The molecule has 0 bridgehead atoms. The van der Waals surface area contributed by atoms with Gasteiger partial charge in [-0.15, -0.1) is 0 Å². The largest absolute Gasteiger partial charge is 0.495 e. The number of rotatable bonds is 11. The zero-order valence-corrected chi connectivity index (χ0v) is 22.9. The molecule has 12 heteroatoms. The Morgan fingerprint density at radius 3 is 2.17 bits per heavy atom. The van der Waals surface area contributed by atoms with Crippen molar-refractivity contribution in [3.63, 3.8) is 0 Å². The van der Waals surface area contributed by atoms with Crippen molar-refractivity contribution in [2.24, 2.45) is 0 Å². The summed E-state index contributed by atoms with van der Waals surface area (Å²) in [6.45, 7) is 3.23. The van der Waals surface area contributed by atoms with Crippen molar-refractivity contribution in [1.29, 1.82) is 0 Å².